The summed E-state index contributed by atoms with van der Waals surface area (Å²) in [6.07, 6.45) is -0.726. The number of carbonyl (C=O) groups is 2. The zero-order valence-electron chi connectivity index (χ0n) is 16.7. The van der Waals surface area contributed by atoms with Crippen LogP contribution in [0.25, 0.3) is 0 Å². The number of amides is 2. The van der Waals surface area contributed by atoms with Crippen LogP contribution >= 0.6 is 0 Å². The van der Waals surface area contributed by atoms with Gasteiger partial charge in [0.15, 0.2) is 0 Å². The lowest BCUT2D eigenvalue weighted by atomic mass is 9.81. The number of rotatable bonds is 6. The molecule has 1 aliphatic heterocycles. The van der Waals surface area contributed by atoms with Crippen LogP contribution in [0.2, 0.25) is 0 Å². The van der Waals surface area contributed by atoms with Gasteiger partial charge in [0, 0.05) is 50.9 Å². The SMILES string of the molecule is Cn1nc2c(c1C(=O)NCc1ccccc1)CC(CNC(=O)C1CC(F)(F)C1)OC2. The van der Waals surface area contributed by atoms with Gasteiger partial charge >= 0.3 is 0 Å². The van der Waals surface area contributed by atoms with Crippen molar-refractivity contribution in [1.82, 2.24) is 20.4 Å². The number of aryl methyl sites for hydroxylation is 1. The molecule has 1 saturated carbocycles. The smallest absolute Gasteiger partial charge is 0.270 e. The first-order chi connectivity index (χ1) is 14.3. The van der Waals surface area contributed by atoms with Crippen LogP contribution in [0.15, 0.2) is 30.3 Å². The molecular weight excluding hydrogens is 394 g/mol. The maximum absolute atomic E-state index is 13.0. The van der Waals surface area contributed by atoms with Crippen LogP contribution in [0.5, 0.6) is 0 Å². The van der Waals surface area contributed by atoms with Crippen molar-refractivity contribution >= 4 is 11.8 Å². The van der Waals surface area contributed by atoms with E-state index in [4.69, 9.17) is 4.74 Å². The molecule has 4 rings (SSSR count). The molecule has 0 spiro atoms. The van der Waals surface area contributed by atoms with E-state index in [0.29, 0.717) is 24.4 Å². The van der Waals surface area contributed by atoms with Crippen LogP contribution in [-0.2, 0) is 36.2 Å². The summed E-state index contributed by atoms with van der Waals surface area (Å²) in [5, 5.41) is 10.00. The minimum absolute atomic E-state index is 0.209. The molecule has 1 aliphatic carbocycles. The van der Waals surface area contributed by atoms with Gasteiger partial charge in [-0.25, -0.2) is 8.78 Å². The number of nitrogens with one attached hydrogen (secondary N) is 2. The number of hydrogen-bond acceptors (Lipinski definition) is 4. The highest BCUT2D eigenvalue weighted by atomic mass is 19.3. The Morgan fingerprint density at radius 3 is 2.67 bits per heavy atom. The van der Waals surface area contributed by atoms with Crippen molar-refractivity contribution in [3.63, 3.8) is 0 Å². The summed E-state index contributed by atoms with van der Waals surface area (Å²) >= 11 is 0. The molecule has 30 heavy (non-hydrogen) atoms. The number of nitrogens with zero attached hydrogens (tertiary/aromatic N) is 2. The van der Waals surface area contributed by atoms with Crippen molar-refractivity contribution in [3.05, 3.63) is 52.8 Å². The third-order valence-electron chi connectivity index (χ3n) is 5.59. The van der Waals surface area contributed by atoms with E-state index >= 15 is 0 Å². The van der Waals surface area contributed by atoms with Gasteiger partial charge in [-0.1, -0.05) is 30.3 Å². The Balaban J connectivity index is 1.36. The van der Waals surface area contributed by atoms with E-state index in [1.807, 2.05) is 30.3 Å². The fourth-order valence-electron chi connectivity index (χ4n) is 3.92. The van der Waals surface area contributed by atoms with E-state index in [0.717, 1.165) is 11.1 Å². The second-order valence-corrected chi connectivity index (χ2v) is 7.91. The third-order valence-corrected chi connectivity index (χ3v) is 5.59. The predicted molar refractivity (Wildman–Crippen MR) is 104 cm³/mol. The van der Waals surface area contributed by atoms with E-state index in [1.165, 1.54) is 0 Å². The van der Waals surface area contributed by atoms with E-state index in [9.17, 15) is 18.4 Å². The molecule has 1 unspecified atom stereocenters. The third kappa shape index (κ3) is 4.35. The molecule has 1 atom stereocenters. The summed E-state index contributed by atoms with van der Waals surface area (Å²) in [6.45, 7) is 0.846. The monoisotopic (exact) mass is 418 g/mol. The van der Waals surface area contributed by atoms with Gasteiger partial charge in [-0.2, -0.15) is 5.10 Å². The Bertz CT molecular complexity index is 937. The molecule has 2 heterocycles. The first-order valence-electron chi connectivity index (χ1n) is 9.96. The Labute approximate surface area is 172 Å². The van der Waals surface area contributed by atoms with Crippen LogP contribution in [-0.4, -0.2) is 40.2 Å². The normalized spacial score (nSPS) is 20.2. The Kier molecular flexibility index (Phi) is 5.55. The van der Waals surface area contributed by atoms with E-state index in [1.54, 1.807) is 11.7 Å². The first-order valence-corrected chi connectivity index (χ1v) is 9.96. The van der Waals surface area contributed by atoms with Gasteiger partial charge in [-0.15, -0.1) is 0 Å². The van der Waals surface area contributed by atoms with Gasteiger partial charge in [0.25, 0.3) is 5.91 Å². The average molecular weight is 418 g/mol. The number of carbonyl (C=O) groups excluding carboxylic acids is 2. The summed E-state index contributed by atoms with van der Waals surface area (Å²) in [5.41, 5.74) is 2.96. The molecule has 1 aromatic carbocycles. The number of halogens is 2. The van der Waals surface area contributed by atoms with Gasteiger partial charge in [-0.05, 0) is 5.56 Å². The summed E-state index contributed by atoms with van der Waals surface area (Å²) < 4.78 is 33.2. The fraction of sp³-hybridized carbons (Fsp3) is 0.476. The molecule has 160 valence electrons. The standard InChI is InChI=1S/C21H24F2N4O3/c1-27-18(20(29)24-10-13-5-3-2-4-6-13)16-7-15(30-12-17(16)26-27)11-25-19(28)14-8-21(22,23)9-14/h2-6,14-15H,7-12H2,1H3,(H,24,29)(H,25,28). The van der Waals surface area contributed by atoms with Gasteiger partial charge in [-0.3, -0.25) is 14.3 Å². The average Bonchev–Trinajstić information content (AvgIpc) is 3.04. The minimum Gasteiger partial charge on any atom is -0.370 e. The minimum atomic E-state index is -2.73. The number of alkyl halides is 2. The maximum atomic E-state index is 13.0. The zero-order chi connectivity index (χ0) is 21.3. The second kappa shape index (κ2) is 8.14. The van der Waals surface area contributed by atoms with Crippen molar-refractivity contribution in [2.45, 2.75) is 44.4 Å². The van der Waals surface area contributed by atoms with Crippen molar-refractivity contribution in [1.29, 1.82) is 0 Å². The molecule has 0 bridgehead atoms. The highest BCUT2D eigenvalue weighted by molar-refractivity contribution is 5.94. The van der Waals surface area contributed by atoms with Crippen LogP contribution in [0.1, 0.15) is 40.2 Å². The lowest BCUT2D eigenvalue weighted by molar-refractivity contribution is -0.150. The molecule has 2 amide bonds. The van der Waals surface area contributed by atoms with Crippen molar-refractivity contribution < 1.29 is 23.1 Å². The summed E-state index contributed by atoms with van der Waals surface area (Å²) in [4.78, 5) is 24.8. The zero-order valence-corrected chi connectivity index (χ0v) is 16.7. The van der Waals surface area contributed by atoms with Gasteiger partial charge in [0.1, 0.15) is 5.69 Å². The van der Waals surface area contributed by atoms with Crippen molar-refractivity contribution in [3.8, 4) is 0 Å². The number of aromatic nitrogens is 2. The molecule has 2 aliphatic rings. The molecule has 9 heteroatoms. The van der Waals surface area contributed by atoms with Crippen molar-refractivity contribution in [2.24, 2.45) is 13.0 Å². The van der Waals surface area contributed by atoms with Gasteiger partial charge < -0.3 is 15.4 Å². The van der Waals surface area contributed by atoms with Crippen LogP contribution in [0.3, 0.4) is 0 Å². The highest BCUT2D eigenvalue weighted by Gasteiger charge is 2.48. The van der Waals surface area contributed by atoms with Crippen LogP contribution in [0, 0.1) is 5.92 Å². The van der Waals surface area contributed by atoms with Crippen LogP contribution in [0.4, 0.5) is 8.78 Å². The number of ether oxygens (including phenoxy) is 1. The largest absolute Gasteiger partial charge is 0.370 e. The molecular formula is C21H24F2N4O3. The molecule has 1 fully saturated rings. The Morgan fingerprint density at radius 1 is 1.23 bits per heavy atom. The predicted octanol–water partition coefficient (Wildman–Crippen LogP) is 1.95. The maximum Gasteiger partial charge on any atom is 0.270 e. The molecule has 7 nitrogen and oxygen atoms in total. The van der Waals surface area contributed by atoms with Gasteiger partial charge in [0.2, 0.25) is 11.8 Å². The number of fused-ring (bicyclic) bond motifs is 1. The molecule has 2 aromatic rings. The Morgan fingerprint density at radius 2 is 1.97 bits per heavy atom. The number of hydrogen-bond donors (Lipinski definition) is 2. The second-order valence-electron chi connectivity index (χ2n) is 7.91. The number of benzene rings is 1. The first kappa shape index (κ1) is 20.5. The fourth-order valence-corrected chi connectivity index (χ4v) is 3.92. The highest BCUT2D eigenvalue weighted by Crippen LogP contribution is 2.42. The van der Waals surface area contributed by atoms with Crippen molar-refractivity contribution in [2.75, 3.05) is 6.54 Å². The summed E-state index contributed by atoms with van der Waals surface area (Å²) in [7, 11) is 1.71. The van der Waals surface area contributed by atoms with E-state index in [-0.39, 0.29) is 31.1 Å². The van der Waals surface area contributed by atoms with E-state index in [2.05, 4.69) is 15.7 Å². The molecule has 0 saturated heterocycles. The van der Waals surface area contributed by atoms with Gasteiger partial charge in [0.05, 0.1) is 18.4 Å². The summed E-state index contributed by atoms with van der Waals surface area (Å²) in [6, 6.07) is 9.61. The van der Waals surface area contributed by atoms with Crippen LogP contribution < -0.4 is 10.6 Å². The summed E-state index contributed by atoms with van der Waals surface area (Å²) in [5.74, 6) is -3.97. The topological polar surface area (TPSA) is 85.3 Å². The molecule has 1 aromatic heterocycles. The lowest BCUT2D eigenvalue weighted by Gasteiger charge is -2.34. The Hall–Kier alpha value is -2.81. The lowest BCUT2D eigenvalue weighted by Crippen LogP contribution is -2.47. The quantitative estimate of drug-likeness (QED) is 0.751. The molecule has 2 N–H and O–H groups in total. The van der Waals surface area contributed by atoms with E-state index < -0.39 is 24.7 Å². The molecule has 0 radical (unpaired) electrons.